The third kappa shape index (κ3) is 3.44. The molecule has 1 atom stereocenters. The van der Waals surface area contributed by atoms with Gasteiger partial charge in [-0.1, -0.05) is 37.6 Å². The first-order valence-electron chi connectivity index (χ1n) is 7.14. The molecule has 0 radical (unpaired) electrons. The standard InChI is InChI=1S/C17H23N3/c1-4-5-14-6-8-15(9-7-14)17(20-18)16-10-12(2)19-13(3)11-16/h6-11,17,20H,4-5,18H2,1-3H3. The summed E-state index contributed by atoms with van der Waals surface area (Å²) in [5, 5.41) is 0. The van der Waals surface area contributed by atoms with Crippen LogP contribution in [-0.4, -0.2) is 4.98 Å². The van der Waals surface area contributed by atoms with Gasteiger partial charge < -0.3 is 0 Å². The van der Waals surface area contributed by atoms with Crippen LogP contribution < -0.4 is 11.3 Å². The number of pyridine rings is 1. The van der Waals surface area contributed by atoms with Gasteiger partial charge in [-0.3, -0.25) is 10.8 Å². The first kappa shape index (κ1) is 14.7. The Kier molecular flexibility index (Phi) is 4.88. The van der Waals surface area contributed by atoms with Gasteiger partial charge in [-0.15, -0.1) is 0 Å². The van der Waals surface area contributed by atoms with Crippen LogP contribution in [-0.2, 0) is 6.42 Å². The molecule has 0 aliphatic carbocycles. The Balaban J connectivity index is 2.31. The lowest BCUT2D eigenvalue weighted by Gasteiger charge is -2.18. The molecule has 1 unspecified atom stereocenters. The second-order valence-electron chi connectivity index (χ2n) is 5.27. The van der Waals surface area contributed by atoms with Crippen LogP contribution in [0.5, 0.6) is 0 Å². The van der Waals surface area contributed by atoms with E-state index in [1.54, 1.807) is 0 Å². The molecule has 1 aromatic heterocycles. The average molecular weight is 269 g/mol. The van der Waals surface area contributed by atoms with Crippen molar-refractivity contribution in [1.29, 1.82) is 0 Å². The number of benzene rings is 1. The van der Waals surface area contributed by atoms with E-state index in [0.717, 1.165) is 23.4 Å². The third-order valence-electron chi connectivity index (χ3n) is 3.46. The summed E-state index contributed by atoms with van der Waals surface area (Å²) < 4.78 is 0. The van der Waals surface area contributed by atoms with Gasteiger partial charge in [-0.05, 0) is 49.1 Å². The highest BCUT2D eigenvalue weighted by Gasteiger charge is 2.13. The second-order valence-corrected chi connectivity index (χ2v) is 5.27. The van der Waals surface area contributed by atoms with Crippen LogP contribution in [0.15, 0.2) is 36.4 Å². The number of nitrogens with zero attached hydrogens (tertiary/aromatic N) is 1. The molecule has 0 fully saturated rings. The van der Waals surface area contributed by atoms with Crippen LogP contribution in [0.25, 0.3) is 0 Å². The monoisotopic (exact) mass is 269 g/mol. The fourth-order valence-corrected chi connectivity index (χ4v) is 2.58. The summed E-state index contributed by atoms with van der Waals surface area (Å²) in [4.78, 5) is 4.41. The van der Waals surface area contributed by atoms with Gasteiger partial charge in [0.25, 0.3) is 0 Å². The lowest BCUT2D eigenvalue weighted by molar-refractivity contribution is 0.634. The van der Waals surface area contributed by atoms with Crippen molar-refractivity contribution in [2.24, 2.45) is 5.84 Å². The summed E-state index contributed by atoms with van der Waals surface area (Å²) in [6, 6.07) is 12.8. The van der Waals surface area contributed by atoms with Gasteiger partial charge in [-0.2, -0.15) is 0 Å². The summed E-state index contributed by atoms with van der Waals surface area (Å²) in [5.41, 5.74) is 8.65. The smallest absolute Gasteiger partial charge is 0.0711 e. The van der Waals surface area contributed by atoms with Gasteiger partial charge in [0.2, 0.25) is 0 Å². The quantitative estimate of drug-likeness (QED) is 0.647. The fraction of sp³-hybridized carbons (Fsp3) is 0.353. The van der Waals surface area contributed by atoms with E-state index in [1.807, 2.05) is 13.8 Å². The van der Waals surface area contributed by atoms with Crippen LogP contribution >= 0.6 is 0 Å². The molecule has 3 N–H and O–H groups in total. The van der Waals surface area contributed by atoms with Crippen LogP contribution in [0.4, 0.5) is 0 Å². The van der Waals surface area contributed by atoms with E-state index in [9.17, 15) is 0 Å². The number of aromatic nitrogens is 1. The minimum Gasteiger partial charge on any atom is -0.271 e. The van der Waals surface area contributed by atoms with E-state index in [-0.39, 0.29) is 6.04 Å². The minimum atomic E-state index is 0.00563. The number of nitrogens with one attached hydrogen (secondary N) is 1. The summed E-state index contributed by atoms with van der Waals surface area (Å²) in [5.74, 6) is 5.76. The number of nitrogens with two attached hydrogens (primary N) is 1. The molecular weight excluding hydrogens is 246 g/mol. The van der Waals surface area contributed by atoms with E-state index in [1.165, 1.54) is 17.5 Å². The minimum absolute atomic E-state index is 0.00563. The summed E-state index contributed by atoms with van der Waals surface area (Å²) >= 11 is 0. The van der Waals surface area contributed by atoms with Crippen molar-refractivity contribution in [3.63, 3.8) is 0 Å². The molecule has 0 bridgehead atoms. The highest BCUT2D eigenvalue weighted by atomic mass is 15.2. The highest BCUT2D eigenvalue weighted by Crippen LogP contribution is 2.23. The average Bonchev–Trinajstić information content (AvgIpc) is 2.41. The third-order valence-corrected chi connectivity index (χ3v) is 3.46. The van der Waals surface area contributed by atoms with Crippen LogP contribution in [0.2, 0.25) is 0 Å². The van der Waals surface area contributed by atoms with Crippen LogP contribution in [0, 0.1) is 13.8 Å². The van der Waals surface area contributed by atoms with Crippen LogP contribution in [0.3, 0.4) is 0 Å². The number of rotatable bonds is 5. The zero-order valence-electron chi connectivity index (χ0n) is 12.5. The summed E-state index contributed by atoms with van der Waals surface area (Å²) in [6.45, 7) is 6.21. The molecule has 0 saturated heterocycles. The number of aryl methyl sites for hydroxylation is 3. The molecule has 1 aromatic carbocycles. The van der Waals surface area contributed by atoms with E-state index < -0.39 is 0 Å². The molecule has 3 nitrogen and oxygen atoms in total. The van der Waals surface area contributed by atoms with Crippen molar-refractivity contribution < 1.29 is 0 Å². The topological polar surface area (TPSA) is 50.9 Å². The molecule has 0 aliphatic heterocycles. The predicted molar refractivity (Wildman–Crippen MR) is 83.3 cm³/mol. The second kappa shape index (κ2) is 6.64. The van der Waals surface area contributed by atoms with E-state index in [4.69, 9.17) is 5.84 Å². The first-order valence-corrected chi connectivity index (χ1v) is 7.14. The van der Waals surface area contributed by atoms with Gasteiger partial charge in [0, 0.05) is 11.4 Å². The Bertz CT molecular complexity index is 541. The van der Waals surface area contributed by atoms with Crippen molar-refractivity contribution in [2.75, 3.05) is 0 Å². The molecule has 106 valence electrons. The zero-order chi connectivity index (χ0) is 14.5. The number of hydrogen-bond acceptors (Lipinski definition) is 3. The Morgan fingerprint density at radius 3 is 2.15 bits per heavy atom. The molecule has 0 saturated carbocycles. The van der Waals surface area contributed by atoms with Crippen molar-refractivity contribution in [1.82, 2.24) is 10.4 Å². The van der Waals surface area contributed by atoms with E-state index in [2.05, 4.69) is 53.7 Å². The molecule has 20 heavy (non-hydrogen) atoms. The lowest BCUT2D eigenvalue weighted by atomic mass is 9.97. The summed E-state index contributed by atoms with van der Waals surface area (Å²) in [6.07, 6.45) is 2.29. The maximum atomic E-state index is 5.76. The van der Waals surface area contributed by atoms with Gasteiger partial charge in [-0.25, -0.2) is 5.43 Å². The maximum Gasteiger partial charge on any atom is 0.0711 e. The Morgan fingerprint density at radius 1 is 1.05 bits per heavy atom. The van der Waals surface area contributed by atoms with Gasteiger partial charge in [0.15, 0.2) is 0 Å². The predicted octanol–water partition coefficient (Wildman–Crippen LogP) is 3.20. The fourth-order valence-electron chi connectivity index (χ4n) is 2.58. The highest BCUT2D eigenvalue weighted by molar-refractivity contribution is 5.34. The molecule has 2 aromatic rings. The molecule has 3 heteroatoms. The molecular formula is C17H23N3. The van der Waals surface area contributed by atoms with E-state index in [0.29, 0.717) is 0 Å². The van der Waals surface area contributed by atoms with Gasteiger partial charge in [0.1, 0.15) is 0 Å². The lowest BCUT2D eigenvalue weighted by Crippen LogP contribution is -2.29. The largest absolute Gasteiger partial charge is 0.271 e. The maximum absolute atomic E-state index is 5.76. The van der Waals surface area contributed by atoms with E-state index >= 15 is 0 Å². The van der Waals surface area contributed by atoms with Crippen molar-refractivity contribution >= 4 is 0 Å². The van der Waals surface area contributed by atoms with Crippen molar-refractivity contribution in [2.45, 2.75) is 39.7 Å². The number of hydrogen-bond donors (Lipinski definition) is 2. The number of hydrazine groups is 1. The first-order chi connectivity index (χ1) is 9.63. The van der Waals surface area contributed by atoms with Gasteiger partial charge in [0.05, 0.1) is 6.04 Å². The molecule has 0 spiro atoms. The molecule has 2 rings (SSSR count). The zero-order valence-corrected chi connectivity index (χ0v) is 12.5. The Morgan fingerprint density at radius 2 is 1.65 bits per heavy atom. The summed E-state index contributed by atoms with van der Waals surface area (Å²) in [7, 11) is 0. The Labute approximate surface area is 121 Å². The Hall–Kier alpha value is -1.71. The molecule has 0 amide bonds. The molecule has 0 aliphatic rings. The van der Waals surface area contributed by atoms with Crippen molar-refractivity contribution in [3.8, 4) is 0 Å². The van der Waals surface area contributed by atoms with Crippen LogP contribution in [0.1, 0.15) is 47.5 Å². The van der Waals surface area contributed by atoms with Crippen molar-refractivity contribution in [3.05, 3.63) is 64.5 Å². The normalized spacial score (nSPS) is 12.4. The van der Waals surface area contributed by atoms with Gasteiger partial charge >= 0.3 is 0 Å². The molecule has 1 heterocycles. The SMILES string of the molecule is CCCc1ccc(C(NN)c2cc(C)nc(C)c2)cc1.